The molecule has 4 rings (SSSR count). The zero-order valence-corrected chi connectivity index (χ0v) is 17.6. The number of pyridine rings is 1. The third-order valence-corrected chi connectivity index (χ3v) is 5.02. The van der Waals surface area contributed by atoms with E-state index in [0.29, 0.717) is 32.6 Å². The molecule has 172 valence electrons. The molecule has 0 saturated carbocycles. The maximum Gasteiger partial charge on any atom is 0.325 e. The summed E-state index contributed by atoms with van der Waals surface area (Å²) in [5.41, 5.74) is 11.3. The number of primary amides is 1. The van der Waals surface area contributed by atoms with E-state index in [1.807, 2.05) is 0 Å². The molecule has 7 nitrogen and oxygen atoms in total. The van der Waals surface area contributed by atoms with Crippen molar-refractivity contribution in [3.8, 4) is 11.3 Å². The molecule has 0 saturated heterocycles. The average molecular weight is 465 g/mol. The summed E-state index contributed by atoms with van der Waals surface area (Å²) in [5, 5.41) is 3.64. The number of rotatable bonds is 5. The van der Waals surface area contributed by atoms with Gasteiger partial charge in [-0.25, -0.2) is 27.8 Å². The predicted octanol–water partition coefficient (Wildman–Crippen LogP) is 4.43. The molecule has 0 radical (unpaired) electrons. The normalized spacial score (nSPS) is 10.8. The van der Waals surface area contributed by atoms with Gasteiger partial charge in [0.1, 0.15) is 29.0 Å². The lowest BCUT2D eigenvalue weighted by Crippen LogP contribution is -2.33. The maximum atomic E-state index is 14.6. The number of halogens is 3. The summed E-state index contributed by atoms with van der Waals surface area (Å²) in [6.45, 7) is -0.234. The van der Waals surface area contributed by atoms with Gasteiger partial charge < -0.3 is 16.8 Å². The fraction of sp³-hybridized carbons (Fsp3) is 0.0417. The number of nitrogens with zero attached hydrogens (tertiary/aromatic N) is 2. The van der Waals surface area contributed by atoms with Crippen LogP contribution in [0.25, 0.3) is 22.0 Å². The lowest BCUT2D eigenvalue weighted by atomic mass is 10.0. The first-order valence-corrected chi connectivity index (χ1v) is 10.0. The Morgan fingerprint density at radius 2 is 1.62 bits per heavy atom. The molecule has 0 atom stereocenters. The minimum absolute atomic E-state index is 0.175. The zero-order chi connectivity index (χ0) is 24.4. The summed E-state index contributed by atoms with van der Waals surface area (Å²) in [4.78, 5) is 29.1. The van der Waals surface area contributed by atoms with Crippen molar-refractivity contribution in [3.63, 3.8) is 0 Å². The quantitative estimate of drug-likeness (QED) is 0.404. The average Bonchev–Trinajstić information content (AvgIpc) is 2.81. The summed E-state index contributed by atoms with van der Waals surface area (Å²) in [6.07, 6.45) is 0. The molecule has 0 fully saturated rings. The summed E-state index contributed by atoms with van der Waals surface area (Å²) in [7, 11) is 0. The molecule has 0 aliphatic rings. The zero-order valence-electron chi connectivity index (χ0n) is 17.6. The molecule has 10 heteroatoms. The van der Waals surface area contributed by atoms with Gasteiger partial charge >= 0.3 is 6.03 Å². The van der Waals surface area contributed by atoms with Crippen LogP contribution in [0, 0.1) is 17.5 Å². The fourth-order valence-electron chi connectivity index (χ4n) is 3.52. The second-order valence-electron chi connectivity index (χ2n) is 7.27. The van der Waals surface area contributed by atoms with Gasteiger partial charge in [-0.05, 0) is 60.0 Å². The highest BCUT2D eigenvalue weighted by molar-refractivity contribution is 6.04. The summed E-state index contributed by atoms with van der Waals surface area (Å²) >= 11 is 0. The number of hydrogen-bond donors (Lipinski definition) is 3. The molecule has 3 amide bonds. The lowest BCUT2D eigenvalue weighted by Gasteiger charge is -2.22. The number of aromatic nitrogens is 1. The topological polar surface area (TPSA) is 114 Å². The highest BCUT2D eigenvalue weighted by atomic mass is 19.1. The van der Waals surface area contributed by atoms with Crippen molar-refractivity contribution >= 4 is 39.9 Å². The fourth-order valence-corrected chi connectivity index (χ4v) is 3.52. The van der Waals surface area contributed by atoms with Crippen LogP contribution in [-0.2, 0) is 4.79 Å². The number of hydrogen-bond acceptors (Lipinski definition) is 4. The van der Waals surface area contributed by atoms with Crippen LogP contribution in [0.3, 0.4) is 0 Å². The molecule has 0 bridgehead atoms. The van der Waals surface area contributed by atoms with E-state index in [1.165, 1.54) is 30.3 Å². The van der Waals surface area contributed by atoms with Crippen LogP contribution >= 0.6 is 0 Å². The molecule has 3 aromatic carbocycles. The first-order valence-electron chi connectivity index (χ1n) is 10.0. The molecule has 1 aromatic heterocycles. The second kappa shape index (κ2) is 9.20. The van der Waals surface area contributed by atoms with Gasteiger partial charge in [-0.15, -0.1) is 0 Å². The van der Waals surface area contributed by atoms with Gasteiger partial charge in [-0.1, -0.05) is 12.1 Å². The number of carbonyl (C=O) groups is 2. The number of amides is 3. The van der Waals surface area contributed by atoms with Crippen LogP contribution in [0.15, 0.2) is 66.7 Å². The monoisotopic (exact) mass is 465 g/mol. The van der Waals surface area contributed by atoms with E-state index in [-0.39, 0.29) is 12.4 Å². The Kier molecular flexibility index (Phi) is 6.15. The molecule has 0 unspecified atom stereocenters. The van der Waals surface area contributed by atoms with Crippen molar-refractivity contribution in [2.75, 3.05) is 16.8 Å². The summed E-state index contributed by atoms with van der Waals surface area (Å²) in [6, 6.07) is 13.6. The Labute approximate surface area is 191 Å². The van der Waals surface area contributed by atoms with Gasteiger partial charge in [0.15, 0.2) is 0 Å². The van der Waals surface area contributed by atoms with Crippen LogP contribution in [0.1, 0.15) is 0 Å². The van der Waals surface area contributed by atoms with E-state index < -0.39 is 35.1 Å². The Bertz CT molecular complexity index is 1390. The Hall–Kier alpha value is -4.44. The van der Waals surface area contributed by atoms with Gasteiger partial charge in [-0.2, -0.15) is 0 Å². The molecule has 0 spiro atoms. The Balaban J connectivity index is 1.99. The van der Waals surface area contributed by atoms with Crippen LogP contribution in [-0.4, -0.2) is 23.5 Å². The highest BCUT2D eigenvalue weighted by Crippen LogP contribution is 2.36. The standard InChI is InChI=1S/C24H18F3N5O2/c25-15-6-4-13(5-7-15)22-17-9-8-16(30-21(33)12-28)10-14(17)11-20(31-22)32(24(29)34)23-18(26)2-1-3-19(23)27/h1-11H,12,28H2,(H2,29,34)(H,30,33). The molecule has 5 N–H and O–H groups in total. The van der Waals surface area contributed by atoms with Crippen LogP contribution < -0.4 is 21.7 Å². The van der Waals surface area contributed by atoms with Crippen molar-refractivity contribution in [2.24, 2.45) is 11.5 Å². The third-order valence-electron chi connectivity index (χ3n) is 5.02. The number of carbonyl (C=O) groups excluding carboxylic acids is 2. The van der Waals surface area contributed by atoms with E-state index in [9.17, 15) is 22.8 Å². The molecular formula is C24H18F3N5O2. The van der Waals surface area contributed by atoms with Gasteiger partial charge in [0.2, 0.25) is 5.91 Å². The number of urea groups is 1. The lowest BCUT2D eigenvalue weighted by molar-refractivity contribution is -0.114. The number of nitrogens with one attached hydrogen (secondary N) is 1. The van der Waals surface area contributed by atoms with E-state index in [0.717, 1.165) is 18.2 Å². The van der Waals surface area contributed by atoms with E-state index in [1.54, 1.807) is 18.2 Å². The molecule has 1 heterocycles. The molecule has 34 heavy (non-hydrogen) atoms. The van der Waals surface area contributed by atoms with Crippen LogP contribution in [0.4, 0.5) is 35.2 Å². The minimum Gasteiger partial charge on any atom is -0.351 e. The smallest absolute Gasteiger partial charge is 0.325 e. The van der Waals surface area contributed by atoms with Crippen LogP contribution in [0.5, 0.6) is 0 Å². The van der Waals surface area contributed by atoms with Gasteiger partial charge in [-0.3, -0.25) is 4.79 Å². The number of fused-ring (bicyclic) bond motifs is 1. The van der Waals surface area contributed by atoms with E-state index in [4.69, 9.17) is 11.5 Å². The molecule has 0 aliphatic heterocycles. The largest absolute Gasteiger partial charge is 0.351 e. The number of nitrogens with two attached hydrogens (primary N) is 2. The van der Waals surface area contributed by atoms with Crippen LogP contribution in [0.2, 0.25) is 0 Å². The summed E-state index contributed by atoms with van der Waals surface area (Å²) < 4.78 is 42.6. The molecular weight excluding hydrogens is 447 g/mol. The first-order chi connectivity index (χ1) is 16.3. The van der Waals surface area contributed by atoms with Crippen molar-refractivity contribution < 1.29 is 22.8 Å². The highest BCUT2D eigenvalue weighted by Gasteiger charge is 2.25. The number of para-hydroxylation sites is 1. The third kappa shape index (κ3) is 4.39. The number of benzene rings is 3. The predicted molar refractivity (Wildman–Crippen MR) is 123 cm³/mol. The van der Waals surface area contributed by atoms with Crippen molar-refractivity contribution in [3.05, 3.63) is 84.2 Å². The molecule has 4 aromatic rings. The van der Waals surface area contributed by atoms with Gasteiger partial charge in [0.05, 0.1) is 12.2 Å². The Morgan fingerprint density at radius 3 is 2.24 bits per heavy atom. The van der Waals surface area contributed by atoms with E-state index >= 15 is 0 Å². The second-order valence-corrected chi connectivity index (χ2v) is 7.27. The molecule has 0 aliphatic carbocycles. The first kappa shape index (κ1) is 22.7. The maximum absolute atomic E-state index is 14.6. The van der Waals surface area contributed by atoms with Crippen molar-refractivity contribution in [1.29, 1.82) is 0 Å². The van der Waals surface area contributed by atoms with Gasteiger partial charge in [0.25, 0.3) is 0 Å². The van der Waals surface area contributed by atoms with Crippen molar-refractivity contribution in [2.45, 2.75) is 0 Å². The number of anilines is 3. The SMILES string of the molecule is NCC(=O)Nc1ccc2c(-c3ccc(F)cc3)nc(N(C(N)=O)c3c(F)cccc3F)cc2c1. The Morgan fingerprint density at radius 1 is 0.941 bits per heavy atom. The van der Waals surface area contributed by atoms with E-state index in [2.05, 4.69) is 10.3 Å². The van der Waals surface area contributed by atoms with Gasteiger partial charge in [0, 0.05) is 16.6 Å². The minimum atomic E-state index is -1.17. The summed E-state index contributed by atoms with van der Waals surface area (Å²) in [5.74, 6) is -3.12. The van der Waals surface area contributed by atoms with Crippen molar-refractivity contribution in [1.82, 2.24) is 4.98 Å².